The lowest BCUT2D eigenvalue weighted by atomic mass is 10.1. The van der Waals surface area contributed by atoms with E-state index in [0.29, 0.717) is 5.56 Å². The van der Waals surface area contributed by atoms with Crippen LogP contribution in [0.2, 0.25) is 0 Å². The molecule has 0 fully saturated rings. The number of carbonyl (C=O) groups excluding carboxylic acids is 1. The van der Waals surface area contributed by atoms with Crippen LogP contribution in [0.5, 0.6) is 5.75 Å². The van der Waals surface area contributed by atoms with Crippen molar-refractivity contribution in [1.29, 1.82) is 0 Å². The van der Waals surface area contributed by atoms with Crippen molar-refractivity contribution >= 4 is 11.9 Å². The molecular formula is C13H17NO5. The first-order valence-corrected chi connectivity index (χ1v) is 5.80. The van der Waals surface area contributed by atoms with Crippen molar-refractivity contribution in [3.63, 3.8) is 0 Å². The van der Waals surface area contributed by atoms with Gasteiger partial charge in [0.2, 0.25) is 5.91 Å². The zero-order chi connectivity index (χ0) is 14.3. The third kappa shape index (κ3) is 5.87. The molecule has 1 rings (SSSR count). The van der Waals surface area contributed by atoms with E-state index in [-0.39, 0.29) is 31.0 Å². The van der Waals surface area contributed by atoms with Gasteiger partial charge in [-0.05, 0) is 17.7 Å². The highest BCUT2D eigenvalue weighted by molar-refractivity contribution is 5.78. The van der Waals surface area contributed by atoms with E-state index in [1.165, 1.54) is 19.2 Å². The lowest BCUT2D eigenvalue weighted by Gasteiger charge is -2.13. The smallest absolute Gasteiger partial charge is 0.306 e. The zero-order valence-electron chi connectivity index (χ0n) is 10.6. The molecule has 6 nitrogen and oxygen atoms in total. The average molecular weight is 267 g/mol. The Kier molecular flexibility index (Phi) is 5.81. The van der Waals surface area contributed by atoms with E-state index >= 15 is 0 Å². The minimum Gasteiger partial charge on any atom is -0.508 e. The number of rotatable bonds is 7. The molecule has 6 heteroatoms. The Morgan fingerprint density at radius 1 is 1.42 bits per heavy atom. The predicted molar refractivity (Wildman–Crippen MR) is 67.9 cm³/mol. The first-order chi connectivity index (χ1) is 9.01. The molecule has 0 aliphatic rings. The molecule has 104 valence electrons. The summed E-state index contributed by atoms with van der Waals surface area (Å²) in [4.78, 5) is 22.2. The van der Waals surface area contributed by atoms with Gasteiger partial charge in [0, 0.05) is 13.7 Å². The first kappa shape index (κ1) is 15.0. The van der Waals surface area contributed by atoms with Gasteiger partial charge in [-0.3, -0.25) is 9.59 Å². The molecule has 1 unspecified atom stereocenters. The molecule has 0 spiro atoms. The molecule has 0 aliphatic carbocycles. The molecule has 1 aromatic rings. The van der Waals surface area contributed by atoms with Crippen molar-refractivity contribution in [2.75, 3.05) is 13.7 Å². The highest BCUT2D eigenvalue weighted by Crippen LogP contribution is 2.11. The van der Waals surface area contributed by atoms with Crippen molar-refractivity contribution < 1.29 is 24.5 Å². The van der Waals surface area contributed by atoms with Crippen molar-refractivity contribution in [3.05, 3.63) is 29.8 Å². The first-order valence-electron chi connectivity index (χ1n) is 5.80. The van der Waals surface area contributed by atoms with Crippen LogP contribution in [0.3, 0.4) is 0 Å². The van der Waals surface area contributed by atoms with Gasteiger partial charge in [0.05, 0.1) is 18.9 Å². The summed E-state index contributed by atoms with van der Waals surface area (Å²) in [6.45, 7) is 0.139. The Labute approximate surface area is 111 Å². The van der Waals surface area contributed by atoms with Gasteiger partial charge in [0.25, 0.3) is 0 Å². The van der Waals surface area contributed by atoms with Crippen LogP contribution in [0.4, 0.5) is 0 Å². The van der Waals surface area contributed by atoms with Crippen LogP contribution in [0.15, 0.2) is 24.3 Å². The topological polar surface area (TPSA) is 95.9 Å². The minimum absolute atomic E-state index is 0.103. The van der Waals surface area contributed by atoms with Gasteiger partial charge >= 0.3 is 5.97 Å². The number of carboxylic acids is 1. The third-order valence-corrected chi connectivity index (χ3v) is 2.54. The third-order valence-electron chi connectivity index (χ3n) is 2.54. The lowest BCUT2D eigenvalue weighted by Crippen LogP contribution is -2.35. The van der Waals surface area contributed by atoms with E-state index in [1.54, 1.807) is 12.1 Å². The van der Waals surface area contributed by atoms with Gasteiger partial charge in [-0.1, -0.05) is 12.1 Å². The second-order valence-electron chi connectivity index (χ2n) is 4.11. The Hall–Kier alpha value is -2.08. The molecule has 3 N–H and O–H groups in total. The molecule has 0 aromatic heterocycles. The van der Waals surface area contributed by atoms with E-state index in [0.717, 1.165) is 0 Å². The summed E-state index contributed by atoms with van der Waals surface area (Å²) in [5.74, 6) is -1.13. The zero-order valence-corrected chi connectivity index (χ0v) is 10.6. The van der Waals surface area contributed by atoms with Crippen molar-refractivity contribution in [2.24, 2.45) is 0 Å². The van der Waals surface area contributed by atoms with Gasteiger partial charge in [-0.15, -0.1) is 0 Å². The summed E-state index contributed by atoms with van der Waals surface area (Å²) in [5.41, 5.74) is 0.685. The number of aliphatic carboxylic acids is 1. The lowest BCUT2D eigenvalue weighted by molar-refractivity contribution is -0.140. The number of phenols is 1. The number of aromatic hydroxyl groups is 1. The van der Waals surface area contributed by atoms with Crippen LogP contribution in [0, 0.1) is 0 Å². The molecule has 0 aliphatic heterocycles. The Balaban J connectivity index is 2.40. The molecule has 1 aromatic carbocycles. The maximum absolute atomic E-state index is 11.6. The number of hydrogen-bond acceptors (Lipinski definition) is 4. The van der Waals surface area contributed by atoms with Gasteiger partial charge in [-0.25, -0.2) is 0 Å². The van der Waals surface area contributed by atoms with Gasteiger partial charge in [-0.2, -0.15) is 0 Å². The van der Waals surface area contributed by atoms with E-state index in [2.05, 4.69) is 5.32 Å². The van der Waals surface area contributed by atoms with Crippen LogP contribution in [0.1, 0.15) is 12.0 Å². The predicted octanol–water partition coefficient (Wildman–Crippen LogP) is 0.541. The molecule has 1 amide bonds. The maximum Gasteiger partial charge on any atom is 0.306 e. The molecule has 0 saturated heterocycles. The van der Waals surface area contributed by atoms with Crippen LogP contribution in [-0.2, 0) is 20.7 Å². The quantitative estimate of drug-likeness (QED) is 0.670. The number of carboxylic acid groups (broad SMARTS) is 1. The van der Waals surface area contributed by atoms with Crippen LogP contribution >= 0.6 is 0 Å². The van der Waals surface area contributed by atoms with Gasteiger partial charge in [0.1, 0.15) is 5.75 Å². The molecular weight excluding hydrogens is 250 g/mol. The van der Waals surface area contributed by atoms with E-state index < -0.39 is 12.1 Å². The van der Waals surface area contributed by atoms with Crippen molar-refractivity contribution in [1.82, 2.24) is 5.32 Å². The number of benzene rings is 1. The molecule has 0 saturated carbocycles. The van der Waals surface area contributed by atoms with E-state index in [4.69, 9.17) is 9.84 Å². The Bertz CT molecular complexity index is 446. The van der Waals surface area contributed by atoms with Gasteiger partial charge < -0.3 is 20.3 Å². The second-order valence-corrected chi connectivity index (χ2v) is 4.11. The number of nitrogens with one attached hydrogen (secondary N) is 1. The van der Waals surface area contributed by atoms with Crippen LogP contribution < -0.4 is 5.32 Å². The summed E-state index contributed by atoms with van der Waals surface area (Å²) in [5, 5.41) is 20.5. The molecule has 0 radical (unpaired) electrons. The highest BCUT2D eigenvalue weighted by Gasteiger charge is 2.13. The maximum atomic E-state index is 11.6. The Morgan fingerprint density at radius 2 is 2.16 bits per heavy atom. The summed E-state index contributed by atoms with van der Waals surface area (Å²) < 4.78 is 4.95. The summed E-state index contributed by atoms with van der Waals surface area (Å²) in [6.07, 6.45) is -0.591. The fourth-order valence-electron chi connectivity index (χ4n) is 1.58. The summed E-state index contributed by atoms with van der Waals surface area (Å²) >= 11 is 0. The summed E-state index contributed by atoms with van der Waals surface area (Å²) in [7, 11) is 1.40. The van der Waals surface area contributed by atoms with Crippen LogP contribution in [0.25, 0.3) is 0 Å². The van der Waals surface area contributed by atoms with E-state index in [9.17, 15) is 14.7 Å². The van der Waals surface area contributed by atoms with Crippen molar-refractivity contribution in [2.45, 2.75) is 18.9 Å². The number of amides is 1. The molecule has 0 heterocycles. The number of methoxy groups -OCH3 is 1. The molecule has 19 heavy (non-hydrogen) atoms. The standard InChI is InChI=1S/C13H17NO5/c1-19-11(7-13(17)18)8-14-12(16)6-9-3-2-4-10(15)5-9/h2-5,11,15H,6-8H2,1H3,(H,14,16)(H,17,18). The average Bonchev–Trinajstić information content (AvgIpc) is 2.34. The normalized spacial score (nSPS) is 11.8. The minimum atomic E-state index is -0.978. The monoisotopic (exact) mass is 267 g/mol. The molecule has 0 bridgehead atoms. The number of carbonyl (C=O) groups is 2. The number of hydrogen-bond donors (Lipinski definition) is 3. The fraction of sp³-hybridized carbons (Fsp3) is 0.385. The largest absolute Gasteiger partial charge is 0.508 e. The number of phenolic OH excluding ortho intramolecular Hbond substituents is 1. The molecule has 1 atom stereocenters. The highest BCUT2D eigenvalue weighted by atomic mass is 16.5. The van der Waals surface area contributed by atoms with Crippen LogP contribution in [-0.4, -0.2) is 41.8 Å². The fourth-order valence-corrected chi connectivity index (χ4v) is 1.58. The summed E-state index contributed by atoms with van der Waals surface area (Å²) in [6, 6.07) is 6.41. The van der Waals surface area contributed by atoms with Crippen molar-refractivity contribution in [3.8, 4) is 5.75 Å². The second kappa shape index (κ2) is 7.38. The van der Waals surface area contributed by atoms with Gasteiger partial charge in [0.15, 0.2) is 0 Å². The number of ether oxygens (including phenoxy) is 1. The van der Waals surface area contributed by atoms with E-state index in [1.807, 2.05) is 0 Å². The Morgan fingerprint density at radius 3 is 2.74 bits per heavy atom. The SMILES string of the molecule is COC(CNC(=O)Cc1cccc(O)c1)CC(=O)O.